The largest absolute Gasteiger partial charge is 0.507 e. The van der Waals surface area contributed by atoms with E-state index in [4.69, 9.17) is 0 Å². The lowest BCUT2D eigenvalue weighted by Gasteiger charge is -2.39. The zero-order chi connectivity index (χ0) is 20.6. The first-order valence-electron chi connectivity index (χ1n) is 9.81. The van der Waals surface area contributed by atoms with Gasteiger partial charge in [-0.3, -0.25) is 4.79 Å². The van der Waals surface area contributed by atoms with Crippen molar-refractivity contribution in [3.05, 3.63) is 42.0 Å². The van der Waals surface area contributed by atoms with Crippen LogP contribution in [0.4, 0.5) is 0 Å². The van der Waals surface area contributed by atoms with E-state index in [0.717, 1.165) is 23.9 Å². The maximum Gasteiger partial charge on any atom is 0.282 e. The minimum Gasteiger partial charge on any atom is -0.507 e. The molecule has 0 saturated carbocycles. The second-order valence-corrected chi connectivity index (χ2v) is 9.55. The number of nitrogens with zero attached hydrogens (tertiary/aromatic N) is 4. The van der Waals surface area contributed by atoms with E-state index in [1.165, 1.54) is 8.61 Å². The number of phenolic OH excluding ortho intramolecular Hbond substituents is 1. The van der Waals surface area contributed by atoms with Gasteiger partial charge in [0.1, 0.15) is 5.75 Å². The summed E-state index contributed by atoms with van der Waals surface area (Å²) >= 11 is 0. The molecule has 1 N–H and O–H groups in total. The molecule has 0 bridgehead atoms. The van der Waals surface area contributed by atoms with Crippen molar-refractivity contribution < 1.29 is 18.3 Å². The van der Waals surface area contributed by atoms with Gasteiger partial charge in [0.25, 0.3) is 16.1 Å². The minimum atomic E-state index is -3.51. The van der Waals surface area contributed by atoms with Crippen LogP contribution in [0.5, 0.6) is 5.75 Å². The molecule has 0 atom stereocenters. The molecule has 0 radical (unpaired) electrons. The van der Waals surface area contributed by atoms with Gasteiger partial charge in [-0.05, 0) is 30.0 Å². The van der Waals surface area contributed by atoms with Gasteiger partial charge in [0.15, 0.2) is 0 Å². The molecule has 0 spiro atoms. The van der Waals surface area contributed by atoms with Crippen molar-refractivity contribution in [1.82, 2.24) is 18.4 Å². The van der Waals surface area contributed by atoms with Gasteiger partial charge < -0.3 is 14.9 Å². The van der Waals surface area contributed by atoms with Crippen LogP contribution in [0.3, 0.4) is 0 Å². The fraction of sp³-hybridized carbons (Fsp3) is 0.450. The molecule has 9 heteroatoms. The number of fused-ring (bicyclic) bond motifs is 1. The third kappa shape index (κ3) is 3.95. The summed E-state index contributed by atoms with van der Waals surface area (Å²) in [5.74, 6) is -0.328. The zero-order valence-corrected chi connectivity index (χ0v) is 17.3. The molecule has 0 aliphatic carbocycles. The van der Waals surface area contributed by atoms with Crippen molar-refractivity contribution in [2.45, 2.75) is 0 Å². The highest BCUT2D eigenvalue weighted by atomic mass is 32.2. The highest BCUT2D eigenvalue weighted by molar-refractivity contribution is 7.86. The van der Waals surface area contributed by atoms with Crippen molar-refractivity contribution in [3.8, 4) is 5.75 Å². The topological polar surface area (TPSA) is 84.4 Å². The number of benzene rings is 2. The molecule has 2 aliphatic heterocycles. The maximum absolute atomic E-state index is 12.9. The van der Waals surface area contributed by atoms with E-state index in [9.17, 15) is 18.3 Å². The number of carbonyl (C=O) groups is 1. The van der Waals surface area contributed by atoms with E-state index < -0.39 is 10.2 Å². The van der Waals surface area contributed by atoms with E-state index in [1.54, 1.807) is 17.0 Å². The van der Waals surface area contributed by atoms with Crippen LogP contribution >= 0.6 is 0 Å². The van der Waals surface area contributed by atoms with Crippen molar-refractivity contribution in [2.24, 2.45) is 0 Å². The predicted octanol–water partition coefficient (Wildman–Crippen LogP) is 0.795. The molecule has 2 aliphatic rings. The number of amides is 1. The van der Waals surface area contributed by atoms with Gasteiger partial charge in [-0.2, -0.15) is 17.0 Å². The minimum absolute atomic E-state index is 0.0545. The molecule has 156 valence electrons. The number of aromatic hydroxyl groups is 1. The molecule has 2 aromatic rings. The van der Waals surface area contributed by atoms with Crippen molar-refractivity contribution in [2.75, 3.05) is 59.4 Å². The number of hydrogen-bond donors (Lipinski definition) is 1. The summed E-state index contributed by atoms with van der Waals surface area (Å²) in [6.07, 6.45) is 0. The number of phenols is 1. The van der Waals surface area contributed by atoms with Crippen LogP contribution in [0.1, 0.15) is 10.4 Å². The molecule has 2 fully saturated rings. The van der Waals surface area contributed by atoms with Crippen molar-refractivity contribution in [3.63, 3.8) is 0 Å². The third-order valence-electron chi connectivity index (χ3n) is 5.74. The zero-order valence-electron chi connectivity index (χ0n) is 16.5. The Labute approximate surface area is 171 Å². The first-order chi connectivity index (χ1) is 13.9. The third-order valence-corrected chi connectivity index (χ3v) is 7.77. The summed E-state index contributed by atoms with van der Waals surface area (Å²) in [4.78, 5) is 16.7. The Bertz CT molecular complexity index is 1010. The number of carbonyl (C=O) groups excluding carboxylic acids is 1. The average Bonchev–Trinajstić information content (AvgIpc) is 2.73. The van der Waals surface area contributed by atoms with Crippen molar-refractivity contribution >= 4 is 26.9 Å². The molecular formula is C20H26N4O4S. The Morgan fingerprint density at radius 2 is 1.38 bits per heavy atom. The Hall–Kier alpha value is -2.20. The van der Waals surface area contributed by atoms with Crippen LogP contribution in [0.15, 0.2) is 36.4 Å². The number of hydrogen-bond acceptors (Lipinski definition) is 5. The van der Waals surface area contributed by atoms with Crippen molar-refractivity contribution in [1.29, 1.82) is 0 Å². The monoisotopic (exact) mass is 418 g/mol. The van der Waals surface area contributed by atoms with E-state index in [1.807, 2.05) is 31.3 Å². The Morgan fingerprint density at radius 3 is 1.97 bits per heavy atom. The first-order valence-corrected chi connectivity index (χ1v) is 11.2. The molecule has 4 rings (SSSR count). The van der Waals surface area contributed by atoms with E-state index in [2.05, 4.69) is 4.90 Å². The molecular weight excluding hydrogens is 392 g/mol. The lowest BCUT2D eigenvalue weighted by Crippen LogP contribution is -2.57. The van der Waals surface area contributed by atoms with Gasteiger partial charge in [-0.1, -0.05) is 24.3 Å². The summed E-state index contributed by atoms with van der Waals surface area (Å²) in [6, 6.07) is 10.8. The molecule has 2 saturated heterocycles. The number of likely N-dealkylation sites (N-methyl/N-ethyl adjacent to an activating group) is 1. The van der Waals surface area contributed by atoms with Gasteiger partial charge in [-0.15, -0.1) is 0 Å². The normalized spacial score (nSPS) is 20.2. The van der Waals surface area contributed by atoms with E-state index in [-0.39, 0.29) is 30.3 Å². The first kappa shape index (κ1) is 20.1. The van der Waals surface area contributed by atoms with Crippen LogP contribution in [-0.2, 0) is 10.2 Å². The molecule has 2 aromatic carbocycles. The highest BCUT2D eigenvalue weighted by Crippen LogP contribution is 2.26. The predicted molar refractivity (Wildman–Crippen MR) is 111 cm³/mol. The number of rotatable bonds is 3. The molecule has 0 aromatic heterocycles. The average molecular weight is 419 g/mol. The van der Waals surface area contributed by atoms with Gasteiger partial charge in [0.2, 0.25) is 0 Å². The summed E-state index contributed by atoms with van der Waals surface area (Å²) in [5, 5.41) is 12.1. The van der Waals surface area contributed by atoms with E-state index in [0.29, 0.717) is 26.2 Å². The van der Waals surface area contributed by atoms with Crippen LogP contribution in [0.2, 0.25) is 0 Å². The van der Waals surface area contributed by atoms with Crippen LogP contribution in [0, 0.1) is 0 Å². The second kappa shape index (κ2) is 7.91. The molecule has 2 heterocycles. The maximum atomic E-state index is 12.9. The fourth-order valence-corrected chi connectivity index (χ4v) is 5.45. The fourth-order valence-electron chi connectivity index (χ4n) is 3.87. The number of piperazine rings is 2. The molecule has 0 unspecified atom stereocenters. The molecule has 1 amide bonds. The Balaban J connectivity index is 1.44. The van der Waals surface area contributed by atoms with Crippen LogP contribution in [-0.4, -0.2) is 97.2 Å². The van der Waals surface area contributed by atoms with Crippen LogP contribution < -0.4 is 0 Å². The Morgan fingerprint density at radius 1 is 0.862 bits per heavy atom. The lowest BCUT2D eigenvalue weighted by atomic mass is 10.0. The Kier molecular flexibility index (Phi) is 5.48. The van der Waals surface area contributed by atoms with Gasteiger partial charge >= 0.3 is 0 Å². The highest BCUT2D eigenvalue weighted by Gasteiger charge is 2.35. The lowest BCUT2D eigenvalue weighted by molar-refractivity contribution is 0.0689. The summed E-state index contributed by atoms with van der Waals surface area (Å²) in [5.41, 5.74) is 0.249. The summed E-state index contributed by atoms with van der Waals surface area (Å²) < 4.78 is 28.8. The standard InChI is InChI=1S/C20H26N4O4S/c1-21-6-10-23(11-7-21)29(27,28)24-12-8-22(9-13-24)20(26)18-14-16-4-2-3-5-17(16)15-19(18)25/h2-5,14-15,25H,6-13H2,1H3. The van der Waals surface area contributed by atoms with Gasteiger partial charge in [-0.25, -0.2) is 0 Å². The SMILES string of the molecule is CN1CCN(S(=O)(=O)N2CCN(C(=O)c3cc4ccccc4cc3O)CC2)CC1. The van der Waals surface area contributed by atoms with Gasteiger partial charge in [0.05, 0.1) is 5.56 Å². The quantitative estimate of drug-likeness (QED) is 0.797. The van der Waals surface area contributed by atoms with E-state index >= 15 is 0 Å². The smallest absolute Gasteiger partial charge is 0.282 e. The van der Waals surface area contributed by atoms with Crippen LogP contribution in [0.25, 0.3) is 10.8 Å². The summed E-state index contributed by atoms with van der Waals surface area (Å²) in [6.45, 7) is 3.55. The molecule has 29 heavy (non-hydrogen) atoms. The summed E-state index contributed by atoms with van der Waals surface area (Å²) in [7, 11) is -1.52. The second-order valence-electron chi connectivity index (χ2n) is 7.62. The molecule has 8 nitrogen and oxygen atoms in total. The van der Waals surface area contributed by atoms with Gasteiger partial charge in [0, 0.05) is 52.4 Å².